The van der Waals surface area contributed by atoms with Gasteiger partial charge in [0.15, 0.2) is 5.78 Å². The van der Waals surface area contributed by atoms with E-state index in [0.29, 0.717) is 0 Å². The van der Waals surface area contributed by atoms with Crippen molar-refractivity contribution in [2.45, 2.75) is 13.8 Å². The minimum atomic E-state index is 0.0104. The topological polar surface area (TPSA) is 48.0 Å². The molecule has 0 fully saturated rings. The molecule has 12 heavy (non-hydrogen) atoms. The van der Waals surface area contributed by atoms with Gasteiger partial charge in [-0.25, -0.2) is 0 Å². The zero-order chi connectivity index (χ0) is 9.30. The van der Waals surface area contributed by atoms with E-state index in [1.165, 1.54) is 0 Å². The van der Waals surface area contributed by atoms with Crippen LogP contribution >= 0.6 is 0 Å². The van der Waals surface area contributed by atoms with Crippen molar-refractivity contribution in [2.24, 2.45) is 12.8 Å². The molecule has 0 aliphatic rings. The van der Waals surface area contributed by atoms with Gasteiger partial charge >= 0.3 is 0 Å². The van der Waals surface area contributed by atoms with Gasteiger partial charge in [-0.1, -0.05) is 0 Å². The summed E-state index contributed by atoms with van der Waals surface area (Å²) in [6, 6.07) is 1.88. The fraction of sp³-hybridized carbons (Fsp3) is 0.444. The fourth-order valence-corrected chi connectivity index (χ4v) is 1.25. The summed E-state index contributed by atoms with van der Waals surface area (Å²) in [6.07, 6.45) is 0. The Morgan fingerprint density at radius 2 is 2.17 bits per heavy atom. The molecule has 1 aromatic rings. The maximum atomic E-state index is 11.3. The molecule has 2 N–H and O–H groups in total. The van der Waals surface area contributed by atoms with Gasteiger partial charge in [0.2, 0.25) is 0 Å². The number of hydrogen-bond acceptors (Lipinski definition) is 2. The van der Waals surface area contributed by atoms with Crippen molar-refractivity contribution in [3.63, 3.8) is 0 Å². The van der Waals surface area contributed by atoms with E-state index in [4.69, 9.17) is 5.73 Å². The summed E-state index contributed by atoms with van der Waals surface area (Å²) in [4.78, 5) is 11.3. The summed E-state index contributed by atoms with van der Waals surface area (Å²) < 4.78 is 1.99. The molecular formula is C9H14N2O. The molecule has 0 saturated carbocycles. The molecule has 66 valence electrons. The molecule has 3 heteroatoms. The van der Waals surface area contributed by atoms with E-state index in [1.807, 2.05) is 31.5 Å². The third kappa shape index (κ3) is 1.28. The Morgan fingerprint density at radius 1 is 1.58 bits per heavy atom. The van der Waals surface area contributed by atoms with Gasteiger partial charge in [0.05, 0.1) is 6.54 Å². The lowest BCUT2D eigenvalue weighted by Crippen LogP contribution is -2.14. The molecule has 0 aromatic carbocycles. The largest absolute Gasteiger partial charge is 0.351 e. The van der Waals surface area contributed by atoms with E-state index in [0.717, 1.165) is 17.0 Å². The van der Waals surface area contributed by atoms with Gasteiger partial charge in [0, 0.05) is 24.0 Å². The summed E-state index contributed by atoms with van der Waals surface area (Å²) in [5, 5.41) is 0. The Labute approximate surface area is 72.2 Å². The van der Waals surface area contributed by atoms with Crippen molar-refractivity contribution in [2.75, 3.05) is 6.54 Å². The Kier molecular flexibility index (Phi) is 2.33. The van der Waals surface area contributed by atoms with Gasteiger partial charge in [-0.05, 0) is 19.9 Å². The molecular weight excluding hydrogens is 152 g/mol. The molecule has 1 aromatic heterocycles. The first-order valence-corrected chi connectivity index (χ1v) is 3.94. The maximum absolute atomic E-state index is 11.3. The van der Waals surface area contributed by atoms with Crippen molar-refractivity contribution in [3.8, 4) is 0 Å². The first-order chi connectivity index (χ1) is 5.57. The van der Waals surface area contributed by atoms with Crippen molar-refractivity contribution < 1.29 is 4.79 Å². The molecule has 1 rings (SSSR count). The number of aromatic nitrogens is 1. The minimum absolute atomic E-state index is 0.0104. The highest BCUT2D eigenvalue weighted by Crippen LogP contribution is 2.12. The van der Waals surface area contributed by atoms with Gasteiger partial charge in [-0.15, -0.1) is 0 Å². The SMILES string of the molecule is Cc1cc(C(=O)CN)c(C)n1C. The summed E-state index contributed by atoms with van der Waals surface area (Å²) >= 11 is 0. The van der Waals surface area contributed by atoms with Crippen LogP contribution in [0.1, 0.15) is 21.7 Å². The van der Waals surface area contributed by atoms with Crippen LogP contribution in [-0.2, 0) is 7.05 Å². The molecule has 0 saturated heterocycles. The Hall–Kier alpha value is -1.09. The zero-order valence-corrected chi connectivity index (χ0v) is 7.72. The quantitative estimate of drug-likeness (QED) is 0.660. The summed E-state index contributed by atoms with van der Waals surface area (Å²) in [6.45, 7) is 3.99. The summed E-state index contributed by atoms with van der Waals surface area (Å²) in [5.74, 6) is 0.0104. The molecule has 0 unspecified atom stereocenters. The van der Waals surface area contributed by atoms with Crippen LogP contribution in [0.5, 0.6) is 0 Å². The predicted molar refractivity (Wildman–Crippen MR) is 48.3 cm³/mol. The molecule has 1 heterocycles. The molecule has 3 nitrogen and oxygen atoms in total. The first-order valence-electron chi connectivity index (χ1n) is 3.94. The van der Waals surface area contributed by atoms with Crippen LogP contribution in [0.15, 0.2) is 6.07 Å². The van der Waals surface area contributed by atoms with Crippen LogP contribution in [0.2, 0.25) is 0 Å². The number of carbonyl (C=O) groups is 1. The highest BCUT2D eigenvalue weighted by Gasteiger charge is 2.11. The smallest absolute Gasteiger partial charge is 0.178 e. The van der Waals surface area contributed by atoms with E-state index in [-0.39, 0.29) is 12.3 Å². The van der Waals surface area contributed by atoms with E-state index < -0.39 is 0 Å². The average Bonchev–Trinajstić information content (AvgIpc) is 2.32. The van der Waals surface area contributed by atoms with Gasteiger partial charge in [0.1, 0.15) is 0 Å². The highest BCUT2D eigenvalue weighted by atomic mass is 16.1. The number of rotatable bonds is 2. The second kappa shape index (κ2) is 3.11. The number of nitrogens with zero attached hydrogens (tertiary/aromatic N) is 1. The van der Waals surface area contributed by atoms with E-state index in [1.54, 1.807) is 0 Å². The Bertz CT molecular complexity index is 313. The Balaban J connectivity index is 3.17. The van der Waals surface area contributed by atoms with E-state index in [9.17, 15) is 4.79 Å². The average molecular weight is 166 g/mol. The lowest BCUT2D eigenvalue weighted by Gasteiger charge is -1.99. The first kappa shape index (κ1) is 9.00. The second-order valence-electron chi connectivity index (χ2n) is 2.97. The molecule has 0 spiro atoms. The second-order valence-corrected chi connectivity index (χ2v) is 2.97. The van der Waals surface area contributed by atoms with Crippen LogP contribution in [0.25, 0.3) is 0 Å². The van der Waals surface area contributed by atoms with Crippen LogP contribution in [0, 0.1) is 13.8 Å². The molecule has 0 aliphatic heterocycles. The van der Waals surface area contributed by atoms with Crippen molar-refractivity contribution in [1.82, 2.24) is 4.57 Å². The number of nitrogens with two attached hydrogens (primary N) is 1. The Morgan fingerprint density at radius 3 is 2.50 bits per heavy atom. The normalized spacial score (nSPS) is 10.3. The van der Waals surface area contributed by atoms with E-state index >= 15 is 0 Å². The van der Waals surface area contributed by atoms with Crippen LogP contribution < -0.4 is 5.73 Å². The van der Waals surface area contributed by atoms with Crippen LogP contribution in [0.4, 0.5) is 0 Å². The van der Waals surface area contributed by atoms with Crippen molar-refractivity contribution >= 4 is 5.78 Å². The maximum Gasteiger partial charge on any atom is 0.178 e. The standard InChI is InChI=1S/C9H14N2O/c1-6-4-8(9(12)5-10)7(2)11(6)3/h4H,5,10H2,1-3H3. The summed E-state index contributed by atoms with van der Waals surface area (Å²) in [5.41, 5.74) is 8.10. The molecule has 0 atom stereocenters. The third-order valence-corrected chi connectivity index (χ3v) is 2.26. The monoisotopic (exact) mass is 166 g/mol. The minimum Gasteiger partial charge on any atom is -0.351 e. The lowest BCUT2D eigenvalue weighted by molar-refractivity contribution is 0.100. The summed E-state index contributed by atoms with van der Waals surface area (Å²) in [7, 11) is 1.94. The number of ketones is 1. The molecule has 0 bridgehead atoms. The number of carbonyl (C=O) groups excluding carboxylic acids is 1. The van der Waals surface area contributed by atoms with Crippen molar-refractivity contribution in [3.05, 3.63) is 23.0 Å². The van der Waals surface area contributed by atoms with Crippen LogP contribution in [-0.4, -0.2) is 16.9 Å². The van der Waals surface area contributed by atoms with Crippen LogP contribution in [0.3, 0.4) is 0 Å². The van der Waals surface area contributed by atoms with Gasteiger partial charge < -0.3 is 10.3 Å². The molecule has 0 radical (unpaired) electrons. The highest BCUT2D eigenvalue weighted by molar-refractivity contribution is 5.98. The lowest BCUT2D eigenvalue weighted by atomic mass is 10.1. The molecule has 0 aliphatic carbocycles. The third-order valence-electron chi connectivity index (χ3n) is 2.26. The van der Waals surface area contributed by atoms with Gasteiger partial charge in [-0.3, -0.25) is 4.79 Å². The number of hydrogen-bond donors (Lipinski definition) is 1. The van der Waals surface area contributed by atoms with Crippen molar-refractivity contribution in [1.29, 1.82) is 0 Å². The molecule has 0 amide bonds. The zero-order valence-electron chi connectivity index (χ0n) is 7.72. The van der Waals surface area contributed by atoms with Gasteiger partial charge in [0.25, 0.3) is 0 Å². The fourth-order valence-electron chi connectivity index (χ4n) is 1.25. The van der Waals surface area contributed by atoms with E-state index in [2.05, 4.69) is 0 Å². The predicted octanol–water partition coefficient (Wildman–Crippen LogP) is 0.783. The number of Topliss-reactive ketones (excluding diaryl/α,β-unsaturated/α-hetero) is 1. The van der Waals surface area contributed by atoms with Gasteiger partial charge in [-0.2, -0.15) is 0 Å². The number of aryl methyl sites for hydroxylation is 1.